The first kappa shape index (κ1) is 10.9. The summed E-state index contributed by atoms with van der Waals surface area (Å²) in [7, 11) is 0. The van der Waals surface area contributed by atoms with E-state index in [4.69, 9.17) is 4.74 Å². The maximum absolute atomic E-state index is 5.82. The minimum absolute atomic E-state index is 0.646. The molecule has 0 amide bonds. The van der Waals surface area contributed by atoms with Crippen molar-refractivity contribution in [3.8, 4) is 28.7 Å². The van der Waals surface area contributed by atoms with Gasteiger partial charge < -0.3 is 4.74 Å². The van der Waals surface area contributed by atoms with Gasteiger partial charge >= 0.3 is 0 Å². The molecule has 0 bridgehead atoms. The van der Waals surface area contributed by atoms with E-state index >= 15 is 0 Å². The second-order valence-electron chi connectivity index (χ2n) is 4.54. The Bertz CT molecular complexity index is 672. The van der Waals surface area contributed by atoms with Gasteiger partial charge in [0, 0.05) is 11.1 Å². The molecule has 0 radical (unpaired) electrons. The van der Waals surface area contributed by atoms with Gasteiger partial charge in [-0.05, 0) is 43.2 Å². The maximum Gasteiger partial charge on any atom is 0.128 e. The normalized spacial score (nSPS) is 11.7. The van der Waals surface area contributed by atoms with Gasteiger partial charge in [-0.2, -0.15) is 0 Å². The molecular weight excluding hydrogens is 220 g/mol. The van der Waals surface area contributed by atoms with Crippen molar-refractivity contribution >= 4 is 0 Å². The molecule has 0 N–H and O–H groups in total. The van der Waals surface area contributed by atoms with Gasteiger partial charge in [-0.1, -0.05) is 29.7 Å². The van der Waals surface area contributed by atoms with Gasteiger partial charge in [-0.15, -0.1) is 5.92 Å². The van der Waals surface area contributed by atoms with Crippen molar-refractivity contribution < 1.29 is 4.74 Å². The molecule has 1 heterocycles. The molecule has 3 rings (SSSR count). The van der Waals surface area contributed by atoms with Crippen LogP contribution in [0.25, 0.3) is 11.1 Å². The van der Waals surface area contributed by atoms with E-state index < -0.39 is 0 Å². The third-order valence-electron chi connectivity index (χ3n) is 3.19. The summed E-state index contributed by atoms with van der Waals surface area (Å²) in [5, 5.41) is 0. The van der Waals surface area contributed by atoms with Crippen LogP contribution >= 0.6 is 0 Å². The lowest BCUT2D eigenvalue weighted by molar-refractivity contribution is 0.302. The average molecular weight is 234 g/mol. The Labute approximate surface area is 107 Å². The van der Waals surface area contributed by atoms with Gasteiger partial charge in [0.05, 0.1) is 0 Å². The van der Waals surface area contributed by atoms with Gasteiger partial charge in [0.1, 0.15) is 12.4 Å². The number of rotatable bonds is 0. The standard InChI is InChI=1S/C17H14O/c1-3-4-13-6-8-16-15-7-5-12(2)9-14(15)11-18-17(16)10-13/h5-10H,11H2,1-2H3. The van der Waals surface area contributed by atoms with Crippen molar-refractivity contribution in [2.45, 2.75) is 20.5 Å². The van der Waals surface area contributed by atoms with Gasteiger partial charge in [-0.3, -0.25) is 0 Å². The smallest absolute Gasteiger partial charge is 0.128 e. The SMILES string of the molecule is CC#Cc1ccc2c(c1)OCc1cc(C)ccc1-2. The summed E-state index contributed by atoms with van der Waals surface area (Å²) in [6.45, 7) is 4.60. The molecular formula is C17H14O. The predicted octanol–water partition coefficient (Wildman–Crippen LogP) is 3.93. The number of fused-ring (bicyclic) bond motifs is 3. The number of benzene rings is 2. The van der Waals surface area contributed by atoms with Crippen molar-refractivity contribution in [3.63, 3.8) is 0 Å². The quantitative estimate of drug-likeness (QED) is 0.628. The maximum atomic E-state index is 5.82. The van der Waals surface area contributed by atoms with E-state index in [1.54, 1.807) is 0 Å². The molecule has 0 saturated carbocycles. The molecule has 0 saturated heterocycles. The van der Waals surface area contributed by atoms with Gasteiger partial charge in [0.2, 0.25) is 0 Å². The van der Waals surface area contributed by atoms with Crippen LogP contribution in [0.5, 0.6) is 5.75 Å². The van der Waals surface area contributed by atoms with Crippen LogP contribution < -0.4 is 4.74 Å². The monoisotopic (exact) mass is 234 g/mol. The topological polar surface area (TPSA) is 9.23 Å². The zero-order valence-corrected chi connectivity index (χ0v) is 10.6. The largest absolute Gasteiger partial charge is 0.488 e. The van der Waals surface area contributed by atoms with Crippen molar-refractivity contribution in [2.24, 2.45) is 0 Å². The minimum Gasteiger partial charge on any atom is -0.488 e. The second kappa shape index (κ2) is 4.23. The summed E-state index contributed by atoms with van der Waals surface area (Å²) in [5.74, 6) is 6.91. The van der Waals surface area contributed by atoms with Crippen molar-refractivity contribution in [1.29, 1.82) is 0 Å². The van der Waals surface area contributed by atoms with Crippen LogP contribution in [0, 0.1) is 18.8 Å². The van der Waals surface area contributed by atoms with E-state index in [1.165, 1.54) is 16.7 Å². The van der Waals surface area contributed by atoms with E-state index in [0.717, 1.165) is 16.9 Å². The van der Waals surface area contributed by atoms with E-state index in [1.807, 2.05) is 19.1 Å². The highest BCUT2D eigenvalue weighted by Crippen LogP contribution is 2.38. The van der Waals surface area contributed by atoms with Gasteiger partial charge in [0.15, 0.2) is 0 Å². The van der Waals surface area contributed by atoms with E-state index in [2.05, 4.69) is 43.0 Å². The van der Waals surface area contributed by atoms with Crippen LogP contribution in [0.2, 0.25) is 0 Å². The highest BCUT2D eigenvalue weighted by Gasteiger charge is 2.17. The first-order valence-electron chi connectivity index (χ1n) is 6.07. The molecule has 2 aromatic carbocycles. The Balaban J connectivity index is 2.15. The molecule has 2 aromatic rings. The van der Waals surface area contributed by atoms with E-state index in [9.17, 15) is 0 Å². The molecule has 0 aliphatic carbocycles. The lowest BCUT2D eigenvalue weighted by Gasteiger charge is -2.21. The van der Waals surface area contributed by atoms with Crippen molar-refractivity contribution in [2.75, 3.05) is 0 Å². The summed E-state index contributed by atoms with van der Waals surface area (Å²) in [4.78, 5) is 0. The lowest BCUT2D eigenvalue weighted by Crippen LogP contribution is -2.05. The number of ether oxygens (including phenoxy) is 1. The Morgan fingerprint density at radius 2 is 1.89 bits per heavy atom. The Morgan fingerprint density at radius 3 is 2.72 bits per heavy atom. The number of hydrogen-bond donors (Lipinski definition) is 0. The number of aryl methyl sites for hydroxylation is 1. The summed E-state index contributed by atoms with van der Waals surface area (Å²) >= 11 is 0. The van der Waals surface area contributed by atoms with E-state index in [-0.39, 0.29) is 0 Å². The van der Waals surface area contributed by atoms with Crippen LogP contribution in [-0.2, 0) is 6.61 Å². The fraction of sp³-hybridized carbons (Fsp3) is 0.176. The highest BCUT2D eigenvalue weighted by atomic mass is 16.5. The minimum atomic E-state index is 0.646. The zero-order chi connectivity index (χ0) is 12.5. The highest BCUT2D eigenvalue weighted by molar-refractivity contribution is 5.76. The third-order valence-corrected chi connectivity index (χ3v) is 3.19. The zero-order valence-electron chi connectivity index (χ0n) is 10.6. The Kier molecular flexibility index (Phi) is 2.57. The van der Waals surface area contributed by atoms with Gasteiger partial charge in [0.25, 0.3) is 0 Å². The predicted molar refractivity (Wildman–Crippen MR) is 73.5 cm³/mol. The second-order valence-corrected chi connectivity index (χ2v) is 4.54. The van der Waals surface area contributed by atoms with Crippen molar-refractivity contribution in [3.05, 3.63) is 53.1 Å². The van der Waals surface area contributed by atoms with Crippen LogP contribution in [-0.4, -0.2) is 0 Å². The lowest BCUT2D eigenvalue weighted by atomic mass is 9.94. The molecule has 0 aromatic heterocycles. The molecule has 0 atom stereocenters. The molecule has 1 aliphatic rings. The molecule has 1 nitrogen and oxygen atoms in total. The molecule has 0 spiro atoms. The average Bonchev–Trinajstić information content (AvgIpc) is 2.38. The molecule has 18 heavy (non-hydrogen) atoms. The molecule has 1 heteroatoms. The number of hydrogen-bond acceptors (Lipinski definition) is 1. The first-order valence-corrected chi connectivity index (χ1v) is 6.07. The van der Waals surface area contributed by atoms with Crippen LogP contribution in [0.4, 0.5) is 0 Å². The fourth-order valence-corrected chi connectivity index (χ4v) is 2.35. The molecule has 0 fully saturated rings. The van der Waals surface area contributed by atoms with Crippen LogP contribution in [0.3, 0.4) is 0 Å². The molecule has 1 aliphatic heterocycles. The summed E-state index contributed by atoms with van der Waals surface area (Å²) in [6.07, 6.45) is 0. The Morgan fingerprint density at radius 1 is 1.06 bits per heavy atom. The third kappa shape index (κ3) is 1.76. The Hall–Kier alpha value is -2.20. The summed E-state index contributed by atoms with van der Waals surface area (Å²) < 4.78 is 5.82. The van der Waals surface area contributed by atoms with E-state index in [0.29, 0.717) is 6.61 Å². The van der Waals surface area contributed by atoms with Gasteiger partial charge in [-0.25, -0.2) is 0 Å². The summed E-state index contributed by atoms with van der Waals surface area (Å²) in [5.41, 5.74) is 5.98. The van der Waals surface area contributed by atoms with Crippen LogP contribution in [0.1, 0.15) is 23.6 Å². The fourth-order valence-electron chi connectivity index (χ4n) is 2.35. The van der Waals surface area contributed by atoms with Crippen molar-refractivity contribution in [1.82, 2.24) is 0 Å². The first-order chi connectivity index (χ1) is 8.78. The molecule has 88 valence electrons. The summed E-state index contributed by atoms with van der Waals surface area (Å²) in [6, 6.07) is 12.7. The van der Waals surface area contributed by atoms with Crippen LogP contribution in [0.15, 0.2) is 36.4 Å². The molecule has 0 unspecified atom stereocenters.